The Morgan fingerprint density at radius 1 is 1.07 bits per heavy atom. The number of hydrogen-bond donors (Lipinski definition) is 3. The second-order valence-corrected chi connectivity index (χ2v) is 7.94. The molecule has 4 rings (SSSR count). The molecule has 0 unspecified atom stereocenters. The molecule has 1 aliphatic heterocycles. The Labute approximate surface area is 157 Å². The molecule has 1 aliphatic rings. The number of rotatable bonds is 6. The van der Waals surface area contributed by atoms with E-state index in [0.717, 1.165) is 18.5 Å². The maximum absolute atomic E-state index is 12.0. The van der Waals surface area contributed by atoms with Gasteiger partial charge in [-0.25, -0.2) is 18.1 Å². The third-order valence-electron chi connectivity index (χ3n) is 4.28. The molecule has 0 aliphatic carbocycles. The van der Waals surface area contributed by atoms with E-state index in [4.69, 9.17) is 0 Å². The van der Waals surface area contributed by atoms with Gasteiger partial charge < -0.3 is 10.6 Å². The van der Waals surface area contributed by atoms with E-state index < -0.39 is 10.0 Å². The predicted molar refractivity (Wildman–Crippen MR) is 104 cm³/mol. The molecule has 0 bridgehead atoms. The van der Waals surface area contributed by atoms with Crippen LogP contribution < -0.4 is 15.4 Å². The van der Waals surface area contributed by atoms with Crippen LogP contribution >= 0.6 is 0 Å². The Morgan fingerprint density at radius 3 is 2.78 bits per heavy atom. The van der Waals surface area contributed by atoms with Crippen molar-refractivity contribution in [2.45, 2.75) is 17.9 Å². The van der Waals surface area contributed by atoms with E-state index in [9.17, 15) is 8.42 Å². The van der Waals surface area contributed by atoms with Gasteiger partial charge in [-0.15, -0.1) is 0 Å². The number of nitrogens with zero attached hydrogens (tertiary/aromatic N) is 2. The quantitative estimate of drug-likeness (QED) is 0.608. The third-order valence-corrected chi connectivity index (χ3v) is 5.77. The summed E-state index contributed by atoms with van der Waals surface area (Å²) in [6, 6.07) is 17.2. The highest BCUT2D eigenvalue weighted by Gasteiger charge is 2.25. The van der Waals surface area contributed by atoms with Crippen molar-refractivity contribution < 1.29 is 8.42 Å². The largest absolute Gasteiger partial charge is 0.370 e. The summed E-state index contributed by atoms with van der Waals surface area (Å²) >= 11 is 0. The normalized spacial score (nSPS) is 14.5. The summed E-state index contributed by atoms with van der Waals surface area (Å²) < 4.78 is 26.4. The number of sulfonamides is 1. The lowest BCUT2D eigenvalue weighted by Gasteiger charge is -2.09. The Bertz CT molecular complexity index is 1050. The van der Waals surface area contributed by atoms with Crippen LogP contribution in [0.4, 0.5) is 17.5 Å². The number of aromatic nitrogens is 2. The summed E-state index contributed by atoms with van der Waals surface area (Å²) in [7, 11) is -3.41. The molecule has 3 aromatic rings. The van der Waals surface area contributed by atoms with Crippen LogP contribution in [0.3, 0.4) is 0 Å². The maximum atomic E-state index is 12.0. The lowest BCUT2D eigenvalue weighted by Crippen LogP contribution is -2.13. The highest BCUT2D eigenvalue weighted by atomic mass is 32.2. The lowest BCUT2D eigenvalue weighted by molar-refractivity contribution is 0.589. The third kappa shape index (κ3) is 4.07. The number of anilines is 3. The van der Waals surface area contributed by atoms with Crippen molar-refractivity contribution in [3.05, 3.63) is 71.9 Å². The van der Waals surface area contributed by atoms with Crippen molar-refractivity contribution in [1.82, 2.24) is 14.7 Å². The van der Waals surface area contributed by atoms with Crippen molar-refractivity contribution >= 4 is 27.5 Å². The molecule has 0 fully saturated rings. The minimum atomic E-state index is -3.41. The topological polar surface area (TPSA) is 96.0 Å². The molecule has 3 N–H and O–H groups in total. The van der Waals surface area contributed by atoms with E-state index in [1.807, 2.05) is 24.3 Å². The molecule has 0 amide bonds. The van der Waals surface area contributed by atoms with E-state index in [1.165, 1.54) is 5.56 Å². The monoisotopic (exact) mass is 381 g/mol. The SMILES string of the molecule is O=S1(=O)NCc2ccc(Nc3nccc(NCCc4ccccc4)n3)cc21. The summed E-state index contributed by atoms with van der Waals surface area (Å²) in [4.78, 5) is 8.93. The molecule has 0 radical (unpaired) electrons. The number of hydrogen-bond acceptors (Lipinski definition) is 6. The van der Waals surface area contributed by atoms with Gasteiger partial charge >= 0.3 is 0 Å². The summed E-state index contributed by atoms with van der Waals surface area (Å²) in [5.74, 6) is 1.11. The molecule has 8 heteroatoms. The van der Waals surface area contributed by atoms with Gasteiger partial charge in [-0.3, -0.25) is 0 Å². The first-order valence-electron chi connectivity index (χ1n) is 8.61. The van der Waals surface area contributed by atoms with Crippen LogP contribution in [0.5, 0.6) is 0 Å². The molecule has 138 valence electrons. The fourth-order valence-electron chi connectivity index (χ4n) is 2.91. The van der Waals surface area contributed by atoms with Gasteiger partial charge in [0, 0.05) is 25.0 Å². The Kier molecular flexibility index (Phi) is 4.74. The second-order valence-electron chi connectivity index (χ2n) is 6.20. The molecule has 0 saturated carbocycles. The van der Waals surface area contributed by atoms with Gasteiger partial charge in [-0.05, 0) is 35.7 Å². The van der Waals surface area contributed by atoms with Crippen LogP contribution in [0, 0.1) is 0 Å². The smallest absolute Gasteiger partial charge is 0.241 e. The lowest BCUT2D eigenvalue weighted by atomic mass is 10.1. The van der Waals surface area contributed by atoms with Crippen molar-refractivity contribution in [2.24, 2.45) is 0 Å². The van der Waals surface area contributed by atoms with E-state index in [1.54, 1.807) is 24.4 Å². The summed E-state index contributed by atoms with van der Waals surface area (Å²) in [6.45, 7) is 1.08. The zero-order chi connectivity index (χ0) is 18.7. The number of benzene rings is 2. The maximum Gasteiger partial charge on any atom is 0.241 e. The van der Waals surface area contributed by atoms with Crippen LogP contribution in [-0.4, -0.2) is 24.9 Å². The highest BCUT2D eigenvalue weighted by molar-refractivity contribution is 7.89. The van der Waals surface area contributed by atoms with Crippen molar-refractivity contribution in [1.29, 1.82) is 0 Å². The standard InChI is InChI=1S/C19H19N5O2S/c25-27(26)17-12-16(7-6-15(17)13-22-27)23-19-21-11-9-18(24-19)20-10-8-14-4-2-1-3-5-14/h1-7,9,11-12,22H,8,10,13H2,(H2,20,21,23,24). The van der Waals surface area contributed by atoms with E-state index in [0.29, 0.717) is 28.9 Å². The zero-order valence-electron chi connectivity index (χ0n) is 14.5. The molecular weight excluding hydrogens is 362 g/mol. The van der Waals surface area contributed by atoms with Gasteiger partial charge in [0.05, 0.1) is 4.90 Å². The van der Waals surface area contributed by atoms with Crippen LogP contribution in [0.25, 0.3) is 0 Å². The first-order valence-corrected chi connectivity index (χ1v) is 10.1. The summed E-state index contributed by atoms with van der Waals surface area (Å²) in [6.07, 6.45) is 2.55. The van der Waals surface area contributed by atoms with Gasteiger partial charge in [-0.2, -0.15) is 4.98 Å². The van der Waals surface area contributed by atoms with Crippen LogP contribution in [0.2, 0.25) is 0 Å². The Hall–Kier alpha value is -2.97. The first-order chi connectivity index (χ1) is 13.1. The van der Waals surface area contributed by atoms with Crippen molar-refractivity contribution in [3.63, 3.8) is 0 Å². The Balaban J connectivity index is 1.42. The van der Waals surface area contributed by atoms with Crippen LogP contribution in [-0.2, 0) is 23.0 Å². The van der Waals surface area contributed by atoms with Gasteiger partial charge in [0.15, 0.2) is 0 Å². The summed E-state index contributed by atoms with van der Waals surface area (Å²) in [5.41, 5.74) is 2.64. The molecule has 0 atom stereocenters. The van der Waals surface area contributed by atoms with E-state index in [-0.39, 0.29) is 0 Å². The molecule has 27 heavy (non-hydrogen) atoms. The average molecular weight is 381 g/mol. The minimum absolute atomic E-state index is 0.296. The fourth-order valence-corrected chi connectivity index (χ4v) is 4.17. The zero-order valence-corrected chi connectivity index (χ0v) is 15.3. The van der Waals surface area contributed by atoms with Crippen molar-refractivity contribution in [3.8, 4) is 0 Å². The van der Waals surface area contributed by atoms with E-state index in [2.05, 4.69) is 37.5 Å². The number of nitrogens with one attached hydrogen (secondary N) is 3. The molecule has 1 aromatic heterocycles. The highest BCUT2D eigenvalue weighted by Crippen LogP contribution is 2.26. The first kappa shape index (κ1) is 17.4. The van der Waals surface area contributed by atoms with Crippen molar-refractivity contribution in [2.75, 3.05) is 17.2 Å². The Morgan fingerprint density at radius 2 is 1.93 bits per heavy atom. The van der Waals surface area contributed by atoms with Gasteiger partial charge in [0.2, 0.25) is 16.0 Å². The van der Waals surface area contributed by atoms with E-state index >= 15 is 0 Å². The molecule has 0 spiro atoms. The molecule has 2 aromatic carbocycles. The van der Waals surface area contributed by atoms with Gasteiger partial charge in [-0.1, -0.05) is 36.4 Å². The predicted octanol–water partition coefficient (Wildman–Crippen LogP) is 2.67. The molecular formula is C19H19N5O2S. The molecule has 0 saturated heterocycles. The van der Waals surface area contributed by atoms with Crippen LogP contribution in [0.1, 0.15) is 11.1 Å². The second kappa shape index (κ2) is 7.34. The average Bonchev–Trinajstić information content (AvgIpc) is 2.98. The van der Waals surface area contributed by atoms with Gasteiger partial charge in [0.1, 0.15) is 5.82 Å². The van der Waals surface area contributed by atoms with Crippen LogP contribution in [0.15, 0.2) is 65.7 Å². The minimum Gasteiger partial charge on any atom is -0.370 e. The fraction of sp³-hybridized carbons (Fsp3) is 0.158. The number of fused-ring (bicyclic) bond motifs is 1. The summed E-state index contributed by atoms with van der Waals surface area (Å²) in [5, 5.41) is 6.34. The van der Waals surface area contributed by atoms with Gasteiger partial charge in [0.25, 0.3) is 0 Å². The molecule has 2 heterocycles. The molecule has 7 nitrogen and oxygen atoms in total.